The van der Waals surface area contributed by atoms with E-state index in [1.807, 2.05) is 0 Å². The second-order valence-corrected chi connectivity index (χ2v) is 4.91. The first-order valence-electron chi connectivity index (χ1n) is 6.62. The fraction of sp³-hybridized carbons (Fsp3) is 0.357. The average Bonchev–Trinajstić information content (AvgIpc) is 2.94. The van der Waals surface area contributed by atoms with Gasteiger partial charge < -0.3 is 4.74 Å². The van der Waals surface area contributed by atoms with Gasteiger partial charge in [0, 0.05) is 6.54 Å². The normalized spacial score (nSPS) is 11.7. The number of esters is 1. The highest BCUT2D eigenvalue weighted by atomic mass is 19.4. The van der Waals surface area contributed by atoms with Gasteiger partial charge in [-0.15, -0.1) is 5.10 Å². The van der Waals surface area contributed by atoms with Crippen molar-refractivity contribution in [2.45, 2.75) is 19.4 Å². The van der Waals surface area contributed by atoms with Gasteiger partial charge in [-0.25, -0.2) is 14.5 Å². The maximum atomic E-state index is 13.0. The van der Waals surface area contributed by atoms with Crippen molar-refractivity contribution in [1.29, 1.82) is 0 Å². The highest BCUT2D eigenvalue weighted by Crippen LogP contribution is 2.32. The summed E-state index contributed by atoms with van der Waals surface area (Å²) in [5, 5.41) is 3.90. The van der Waals surface area contributed by atoms with E-state index in [1.165, 1.54) is 30.3 Å². The summed E-state index contributed by atoms with van der Waals surface area (Å²) in [6.45, 7) is 0.249. The molecule has 1 aromatic carbocycles. The van der Waals surface area contributed by atoms with Gasteiger partial charge in [-0.1, -0.05) is 18.2 Å². The summed E-state index contributed by atoms with van der Waals surface area (Å²) in [5.74, 6) is -0.773. The predicted molar refractivity (Wildman–Crippen MR) is 74.3 cm³/mol. The molecule has 2 aromatic rings. The molecule has 1 heterocycles. The largest absolute Gasteiger partial charge is 0.463 e. The summed E-state index contributed by atoms with van der Waals surface area (Å²) in [5.41, 5.74) is -0.503. The van der Waals surface area contributed by atoms with Crippen LogP contribution in [0.1, 0.15) is 21.7 Å². The van der Waals surface area contributed by atoms with E-state index in [0.29, 0.717) is 0 Å². The van der Waals surface area contributed by atoms with Crippen molar-refractivity contribution < 1.29 is 22.7 Å². The lowest BCUT2D eigenvalue weighted by Crippen LogP contribution is -2.24. The van der Waals surface area contributed by atoms with Crippen LogP contribution in [0.25, 0.3) is 0 Å². The lowest BCUT2D eigenvalue weighted by Gasteiger charge is -2.19. The van der Waals surface area contributed by atoms with Crippen LogP contribution in [0.2, 0.25) is 0 Å². The van der Waals surface area contributed by atoms with Crippen molar-refractivity contribution in [3.63, 3.8) is 0 Å². The number of aromatic nitrogens is 3. The number of halogens is 3. The molecular weight excluding hydrogens is 313 g/mol. The van der Waals surface area contributed by atoms with Gasteiger partial charge in [0.15, 0.2) is 0 Å². The van der Waals surface area contributed by atoms with E-state index >= 15 is 0 Å². The maximum absolute atomic E-state index is 13.0. The van der Waals surface area contributed by atoms with E-state index in [4.69, 9.17) is 0 Å². The van der Waals surface area contributed by atoms with Crippen molar-refractivity contribution in [3.05, 3.63) is 47.5 Å². The van der Waals surface area contributed by atoms with Crippen molar-refractivity contribution in [2.24, 2.45) is 0 Å². The summed E-state index contributed by atoms with van der Waals surface area (Å²) in [6.07, 6.45) is -3.08. The zero-order valence-corrected chi connectivity index (χ0v) is 12.5. The Labute approximate surface area is 130 Å². The number of hydrogen-bond donors (Lipinski definition) is 0. The Morgan fingerprint density at radius 2 is 2.04 bits per heavy atom. The van der Waals surface area contributed by atoms with Crippen LogP contribution in [0.5, 0.6) is 0 Å². The number of carbonyl (C=O) groups excluding carboxylic acids is 1. The molecule has 0 radical (unpaired) electrons. The summed E-state index contributed by atoms with van der Waals surface area (Å²) >= 11 is 0. The quantitative estimate of drug-likeness (QED) is 0.787. The second kappa shape index (κ2) is 6.78. The first-order chi connectivity index (χ1) is 10.8. The average molecular weight is 328 g/mol. The smallest absolute Gasteiger partial charge is 0.416 e. The molecule has 0 fully saturated rings. The van der Waals surface area contributed by atoms with Crippen LogP contribution < -0.4 is 0 Å². The van der Waals surface area contributed by atoms with Crippen LogP contribution in [0.3, 0.4) is 0 Å². The van der Waals surface area contributed by atoms with Crippen LogP contribution in [-0.2, 0) is 24.1 Å². The Morgan fingerprint density at radius 3 is 2.70 bits per heavy atom. The first-order valence-corrected chi connectivity index (χ1v) is 6.62. The van der Waals surface area contributed by atoms with Crippen molar-refractivity contribution >= 4 is 5.97 Å². The molecule has 0 aliphatic rings. The second-order valence-electron chi connectivity index (χ2n) is 4.91. The molecule has 0 amide bonds. The van der Waals surface area contributed by atoms with Crippen LogP contribution in [0.4, 0.5) is 13.2 Å². The monoisotopic (exact) mass is 328 g/mol. The van der Waals surface area contributed by atoms with Crippen LogP contribution in [0.15, 0.2) is 30.6 Å². The molecule has 0 saturated carbocycles. The zero-order chi connectivity index (χ0) is 17.0. The molecule has 0 bridgehead atoms. The van der Waals surface area contributed by atoms with E-state index in [0.717, 1.165) is 6.07 Å². The maximum Gasteiger partial charge on any atom is 0.416 e. The number of benzene rings is 1. The van der Waals surface area contributed by atoms with Gasteiger partial charge in [0.25, 0.3) is 5.82 Å². The van der Waals surface area contributed by atoms with Gasteiger partial charge in [0.1, 0.15) is 6.33 Å². The summed E-state index contributed by atoms with van der Waals surface area (Å²) < 4.78 is 44.7. The highest BCUT2D eigenvalue weighted by molar-refractivity contribution is 5.84. The van der Waals surface area contributed by atoms with Gasteiger partial charge in [-0.05, 0) is 18.7 Å². The summed E-state index contributed by atoms with van der Waals surface area (Å²) in [7, 11) is 2.86. The number of ether oxygens (including phenoxy) is 1. The number of methoxy groups -OCH3 is 1. The Morgan fingerprint density at radius 1 is 1.35 bits per heavy atom. The molecule has 6 nitrogen and oxygen atoms in total. The molecule has 0 saturated heterocycles. The Kier molecular flexibility index (Phi) is 4.99. The van der Waals surface area contributed by atoms with Gasteiger partial charge in [-0.3, -0.25) is 4.90 Å². The van der Waals surface area contributed by atoms with Crippen LogP contribution in [-0.4, -0.2) is 39.8 Å². The van der Waals surface area contributed by atoms with Gasteiger partial charge in [0.05, 0.1) is 19.3 Å². The standard InChI is InChI=1S/C14H15F3N4O2/c1-20(9-21-8-18-12(19-21)13(22)23-2)7-10-5-3-4-6-11(10)14(15,16)17/h3-6,8H,7,9H2,1-2H3. The molecule has 1 aromatic heterocycles. The first kappa shape index (κ1) is 16.9. The minimum absolute atomic E-state index is 0.0725. The van der Waals surface area contributed by atoms with Crippen molar-refractivity contribution in [1.82, 2.24) is 19.7 Å². The molecular formula is C14H15F3N4O2. The van der Waals surface area contributed by atoms with E-state index in [9.17, 15) is 18.0 Å². The fourth-order valence-corrected chi connectivity index (χ4v) is 2.07. The molecule has 0 aliphatic carbocycles. The lowest BCUT2D eigenvalue weighted by atomic mass is 10.1. The molecule has 0 spiro atoms. The molecule has 0 aliphatic heterocycles. The highest BCUT2D eigenvalue weighted by Gasteiger charge is 2.33. The lowest BCUT2D eigenvalue weighted by molar-refractivity contribution is -0.138. The molecule has 23 heavy (non-hydrogen) atoms. The number of nitrogens with zero attached hydrogens (tertiary/aromatic N) is 4. The van der Waals surface area contributed by atoms with Crippen LogP contribution in [0, 0.1) is 0 Å². The predicted octanol–water partition coefficient (Wildman–Crippen LogP) is 2.17. The van der Waals surface area contributed by atoms with Crippen LogP contribution >= 0.6 is 0 Å². The molecule has 0 unspecified atom stereocenters. The third-order valence-corrected chi connectivity index (χ3v) is 3.05. The zero-order valence-electron chi connectivity index (χ0n) is 12.5. The van der Waals surface area contributed by atoms with Gasteiger partial charge in [0.2, 0.25) is 0 Å². The number of alkyl halides is 3. The Hall–Kier alpha value is -2.42. The van der Waals surface area contributed by atoms with Crippen molar-refractivity contribution in [2.75, 3.05) is 14.2 Å². The molecule has 0 atom stereocenters. The van der Waals surface area contributed by atoms with E-state index in [-0.39, 0.29) is 24.6 Å². The molecule has 2 rings (SSSR count). The summed E-state index contributed by atoms with van der Waals surface area (Å²) in [4.78, 5) is 16.7. The molecule has 9 heteroatoms. The minimum Gasteiger partial charge on any atom is -0.463 e. The fourth-order valence-electron chi connectivity index (χ4n) is 2.07. The topological polar surface area (TPSA) is 60.2 Å². The number of carbonyl (C=O) groups is 1. The number of hydrogen-bond acceptors (Lipinski definition) is 5. The Bertz CT molecular complexity index is 685. The number of rotatable bonds is 5. The summed E-state index contributed by atoms with van der Waals surface area (Å²) in [6, 6.07) is 5.39. The van der Waals surface area contributed by atoms with Crippen molar-refractivity contribution in [3.8, 4) is 0 Å². The Balaban J connectivity index is 2.07. The van der Waals surface area contributed by atoms with E-state index in [2.05, 4.69) is 14.8 Å². The van der Waals surface area contributed by atoms with Gasteiger partial charge >= 0.3 is 12.1 Å². The SMILES string of the molecule is COC(=O)c1ncn(CN(C)Cc2ccccc2C(F)(F)F)n1. The van der Waals surface area contributed by atoms with E-state index in [1.54, 1.807) is 18.0 Å². The minimum atomic E-state index is -4.40. The third kappa shape index (κ3) is 4.28. The van der Waals surface area contributed by atoms with E-state index < -0.39 is 17.7 Å². The third-order valence-electron chi connectivity index (χ3n) is 3.05. The van der Waals surface area contributed by atoms with Gasteiger partial charge in [-0.2, -0.15) is 13.2 Å². The molecule has 0 N–H and O–H groups in total. The molecule has 124 valence electrons.